The molecule has 7 nitrogen and oxygen atoms in total. The Labute approximate surface area is 134 Å². The molecule has 1 saturated heterocycles. The smallest absolute Gasteiger partial charge is 0.265 e. The molecule has 1 amide bonds. The van der Waals surface area contributed by atoms with Gasteiger partial charge in [0.05, 0.1) is 5.56 Å². The van der Waals surface area contributed by atoms with Gasteiger partial charge in [-0.05, 0) is 32.9 Å². The molecule has 3 rings (SSSR count). The van der Waals surface area contributed by atoms with Crippen LogP contribution in [0.25, 0.3) is 11.1 Å². The predicted molar refractivity (Wildman–Crippen MR) is 86.6 cm³/mol. The summed E-state index contributed by atoms with van der Waals surface area (Å²) in [4.78, 5) is 31.3. The summed E-state index contributed by atoms with van der Waals surface area (Å²) >= 11 is 0. The maximum Gasteiger partial charge on any atom is 0.265 e. The number of hydrogen-bond donors (Lipinski definition) is 1. The van der Waals surface area contributed by atoms with Gasteiger partial charge in [-0.15, -0.1) is 0 Å². The van der Waals surface area contributed by atoms with Gasteiger partial charge in [-0.1, -0.05) is 6.92 Å². The Balaban J connectivity index is 1.85. The highest BCUT2D eigenvalue weighted by atomic mass is 16.3. The third-order valence-electron chi connectivity index (χ3n) is 4.58. The van der Waals surface area contributed by atoms with Gasteiger partial charge >= 0.3 is 0 Å². The van der Waals surface area contributed by atoms with Gasteiger partial charge in [-0.3, -0.25) is 14.5 Å². The SMILES string of the molecule is CCN1CCC[C@H]1CNC(=O)c1c(C)oc2ncn(C)c(=O)c12. The molecule has 23 heavy (non-hydrogen) atoms. The van der Waals surface area contributed by atoms with E-state index in [4.69, 9.17) is 4.42 Å². The summed E-state index contributed by atoms with van der Waals surface area (Å²) in [5.41, 5.74) is 0.245. The first kappa shape index (κ1) is 15.7. The van der Waals surface area contributed by atoms with E-state index in [0.717, 1.165) is 25.9 Å². The molecule has 1 aliphatic rings. The van der Waals surface area contributed by atoms with E-state index in [2.05, 4.69) is 22.1 Å². The lowest BCUT2D eigenvalue weighted by molar-refractivity contribution is 0.0941. The van der Waals surface area contributed by atoms with E-state index in [1.165, 1.54) is 10.9 Å². The van der Waals surface area contributed by atoms with E-state index in [0.29, 0.717) is 23.9 Å². The first-order valence-electron chi connectivity index (χ1n) is 8.00. The molecular weight excluding hydrogens is 296 g/mol. The van der Waals surface area contributed by atoms with Crippen molar-refractivity contribution in [1.29, 1.82) is 0 Å². The molecule has 0 bridgehead atoms. The van der Waals surface area contributed by atoms with Crippen molar-refractivity contribution in [2.45, 2.75) is 32.7 Å². The molecule has 2 aromatic rings. The quantitative estimate of drug-likeness (QED) is 0.911. The molecule has 124 valence electrons. The van der Waals surface area contributed by atoms with Crippen LogP contribution in [0.3, 0.4) is 0 Å². The maximum absolute atomic E-state index is 12.6. The van der Waals surface area contributed by atoms with Crippen LogP contribution in [0.15, 0.2) is 15.5 Å². The van der Waals surface area contributed by atoms with Gasteiger partial charge in [-0.2, -0.15) is 0 Å². The van der Waals surface area contributed by atoms with E-state index in [1.807, 2.05) is 0 Å². The fourth-order valence-electron chi connectivity index (χ4n) is 3.30. The van der Waals surface area contributed by atoms with E-state index in [1.54, 1.807) is 14.0 Å². The summed E-state index contributed by atoms with van der Waals surface area (Å²) in [5, 5.41) is 3.21. The molecule has 0 radical (unpaired) electrons. The zero-order valence-corrected chi connectivity index (χ0v) is 13.8. The molecule has 1 fully saturated rings. The minimum atomic E-state index is -0.270. The second kappa shape index (κ2) is 6.16. The molecule has 1 aliphatic heterocycles. The normalized spacial score (nSPS) is 18.7. The van der Waals surface area contributed by atoms with Gasteiger partial charge < -0.3 is 14.3 Å². The number of hydrogen-bond acceptors (Lipinski definition) is 5. The zero-order valence-electron chi connectivity index (χ0n) is 13.8. The number of amides is 1. The summed E-state index contributed by atoms with van der Waals surface area (Å²) < 4.78 is 6.83. The van der Waals surface area contributed by atoms with E-state index < -0.39 is 0 Å². The molecule has 1 atom stereocenters. The van der Waals surface area contributed by atoms with Crippen LogP contribution >= 0.6 is 0 Å². The Morgan fingerprint density at radius 3 is 3.04 bits per heavy atom. The average Bonchev–Trinajstić information content (AvgIpc) is 3.12. The highest BCUT2D eigenvalue weighted by Gasteiger charge is 2.26. The van der Waals surface area contributed by atoms with Crippen molar-refractivity contribution in [3.8, 4) is 0 Å². The number of aromatic nitrogens is 2. The van der Waals surface area contributed by atoms with Crippen molar-refractivity contribution in [3.05, 3.63) is 28.0 Å². The number of furan rings is 1. The third kappa shape index (κ3) is 2.76. The van der Waals surface area contributed by atoms with Crippen molar-refractivity contribution in [2.75, 3.05) is 19.6 Å². The Kier molecular flexibility index (Phi) is 4.21. The summed E-state index contributed by atoms with van der Waals surface area (Å²) in [6.45, 7) is 6.46. The number of likely N-dealkylation sites (tertiary alicyclic amines) is 1. The number of rotatable bonds is 4. The fraction of sp³-hybridized carbons (Fsp3) is 0.562. The number of nitrogens with one attached hydrogen (secondary N) is 1. The van der Waals surface area contributed by atoms with Crippen molar-refractivity contribution in [1.82, 2.24) is 19.8 Å². The topological polar surface area (TPSA) is 80.4 Å². The summed E-state index contributed by atoms with van der Waals surface area (Å²) in [7, 11) is 1.61. The van der Waals surface area contributed by atoms with Crippen LogP contribution in [-0.4, -0.2) is 46.0 Å². The molecule has 3 heterocycles. The van der Waals surface area contributed by atoms with Crippen LogP contribution < -0.4 is 10.9 Å². The lowest BCUT2D eigenvalue weighted by Crippen LogP contribution is -2.40. The summed E-state index contributed by atoms with van der Waals surface area (Å²) in [6, 6.07) is 0.364. The number of carbonyl (C=O) groups excluding carboxylic acids is 1. The van der Waals surface area contributed by atoms with Crippen molar-refractivity contribution >= 4 is 17.0 Å². The van der Waals surface area contributed by atoms with E-state index in [9.17, 15) is 9.59 Å². The largest absolute Gasteiger partial charge is 0.442 e. The number of fused-ring (bicyclic) bond motifs is 1. The zero-order chi connectivity index (χ0) is 16.6. The van der Waals surface area contributed by atoms with Crippen LogP contribution in [0.4, 0.5) is 0 Å². The first-order chi connectivity index (χ1) is 11.0. The molecule has 0 aromatic carbocycles. The lowest BCUT2D eigenvalue weighted by Gasteiger charge is -2.22. The van der Waals surface area contributed by atoms with Crippen molar-refractivity contribution < 1.29 is 9.21 Å². The number of likely N-dealkylation sites (N-methyl/N-ethyl adjacent to an activating group) is 1. The predicted octanol–water partition coefficient (Wildman–Crippen LogP) is 1.05. The second-order valence-corrected chi connectivity index (χ2v) is 6.01. The maximum atomic E-state index is 12.6. The molecular formula is C16H22N4O3. The van der Waals surface area contributed by atoms with Crippen molar-refractivity contribution in [2.24, 2.45) is 7.05 Å². The Hall–Kier alpha value is -2.15. The lowest BCUT2D eigenvalue weighted by atomic mass is 10.1. The first-order valence-corrected chi connectivity index (χ1v) is 8.00. The minimum Gasteiger partial charge on any atom is -0.442 e. The minimum absolute atomic E-state index is 0.215. The number of aryl methyl sites for hydroxylation is 2. The van der Waals surface area contributed by atoms with E-state index in [-0.39, 0.29) is 22.6 Å². The van der Waals surface area contributed by atoms with Gasteiger partial charge in [-0.25, -0.2) is 4.98 Å². The monoisotopic (exact) mass is 318 g/mol. The molecule has 0 spiro atoms. The van der Waals surface area contributed by atoms with Gasteiger partial charge in [0.15, 0.2) is 0 Å². The molecule has 0 saturated carbocycles. The Morgan fingerprint density at radius 1 is 1.52 bits per heavy atom. The molecule has 0 aliphatic carbocycles. The average molecular weight is 318 g/mol. The van der Waals surface area contributed by atoms with Crippen LogP contribution in [-0.2, 0) is 7.05 Å². The van der Waals surface area contributed by atoms with Gasteiger partial charge in [0, 0.05) is 19.6 Å². The third-order valence-corrected chi connectivity index (χ3v) is 4.58. The van der Waals surface area contributed by atoms with Crippen molar-refractivity contribution in [3.63, 3.8) is 0 Å². The molecule has 0 unspecified atom stereocenters. The standard InChI is InChI=1S/C16H22N4O3/c1-4-20-7-5-6-11(20)8-17-14(21)12-10(2)23-15-13(12)16(22)19(3)9-18-15/h9,11H,4-8H2,1-3H3,(H,17,21)/t11-/m0/s1. The van der Waals surface area contributed by atoms with Crippen LogP contribution in [0, 0.1) is 6.92 Å². The van der Waals surface area contributed by atoms with Crippen LogP contribution in [0.1, 0.15) is 35.9 Å². The van der Waals surface area contributed by atoms with Crippen LogP contribution in [0.2, 0.25) is 0 Å². The summed E-state index contributed by atoms with van der Waals surface area (Å²) in [6.07, 6.45) is 3.64. The highest BCUT2D eigenvalue weighted by Crippen LogP contribution is 2.21. The van der Waals surface area contributed by atoms with E-state index >= 15 is 0 Å². The van der Waals surface area contributed by atoms with Gasteiger partial charge in [0.1, 0.15) is 17.5 Å². The van der Waals surface area contributed by atoms with Gasteiger partial charge in [0.25, 0.3) is 11.5 Å². The number of nitrogens with zero attached hydrogens (tertiary/aromatic N) is 3. The van der Waals surface area contributed by atoms with Crippen LogP contribution in [0.5, 0.6) is 0 Å². The molecule has 2 aromatic heterocycles. The Bertz CT molecular complexity index is 792. The highest BCUT2D eigenvalue weighted by molar-refractivity contribution is 6.06. The fourth-order valence-corrected chi connectivity index (χ4v) is 3.30. The second-order valence-electron chi connectivity index (χ2n) is 6.01. The van der Waals surface area contributed by atoms with Gasteiger partial charge in [0.2, 0.25) is 5.71 Å². The Morgan fingerprint density at radius 2 is 2.30 bits per heavy atom. The summed E-state index contributed by atoms with van der Waals surface area (Å²) in [5.74, 6) is 0.154. The molecule has 7 heteroatoms. The number of carbonyl (C=O) groups is 1. The molecule has 1 N–H and O–H groups in total.